The summed E-state index contributed by atoms with van der Waals surface area (Å²) in [6.07, 6.45) is 0.438. The molecule has 0 aromatic heterocycles. The second kappa shape index (κ2) is 6.91. The number of aryl methyl sites for hydroxylation is 1. The van der Waals surface area contributed by atoms with Crippen LogP contribution in [0.25, 0.3) is 0 Å². The highest BCUT2D eigenvalue weighted by Crippen LogP contribution is 2.07. The summed E-state index contributed by atoms with van der Waals surface area (Å²) >= 11 is 0. The van der Waals surface area contributed by atoms with Gasteiger partial charge in [-0.15, -0.1) is 0 Å². The van der Waals surface area contributed by atoms with Gasteiger partial charge in [0.2, 0.25) is 5.91 Å². The number of carbonyl (C=O) groups is 2. The minimum Gasteiger partial charge on any atom is -0.355 e. The lowest BCUT2D eigenvalue weighted by atomic mass is 10.1. The molecule has 18 heavy (non-hydrogen) atoms. The Kier molecular flexibility index (Phi) is 5.52. The lowest BCUT2D eigenvalue weighted by Gasteiger charge is -2.07. The maximum Gasteiger partial charge on any atom is 0.220 e. The van der Waals surface area contributed by atoms with Gasteiger partial charge in [-0.2, -0.15) is 0 Å². The standard InChI is InChI=1S/C14H20N2O2/c1-10-3-5-12(6-4-10)13(17)7-8-14(18)16-9-11(2)15/h3-6,11H,7-9,15H2,1-2H3,(H,16,18). The Bertz CT molecular complexity index is 410. The van der Waals surface area contributed by atoms with E-state index < -0.39 is 0 Å². The highest BCUT2D eigenvalue weighted by Gasteiger charge is 2.09. The van der Waals surface area contributed by atoms with Crippen molar-refractivity contribution in [2.75, 3.05) is 6.54 Å². The first-order valence-corrected chi connectivity index (χ1v) is 6.11. The molecule has 0 aliphatic carbocycles. The molecule has 1 aromatic carbocycles. The second-order valence-electron chi connectivity index (χ2n) is 4.57. The van der Waals surface area contributed by atoms with Crippen molar-refractivity contribution in [3.8, 4) is 0 Å². The molecule has 0 heterocycles. The molecule has 98 valence electrons. The first-order valence-electron chi connectivity index (χ1n) is 6.11. The number of ketones is 1. The molecule has 4 heteroatoms. The van der Waals surface area contributed by atoms with Crippen LogP contribution in [0, 0.1) is 6.92 Å². The van der Waals surface area contributed by atoms with Crippen LogP contribution < -0.4 is 11.1 Å². The van der Waals surface area contributed by atoms with E-state index in [0.717, 1.165) is 5.56 Å². The average molecular weight is 248 g/mol. The van der Waals surface area contributed by atoms with Gasteiger partial charge in [-0.25, -0.2) is 0 Å². The fraction of sp³-hybridized carbons (Fsp3) is 0.429. The van der Waals surface area contributed by atoms with Gasteiger partial charge < -0.3 is 11.1 Å². The van der Waals surface area contributed by atoms with Gasteiger partial charge in [-0.3, -0.25) is 9.59 Å². The average Bonchev–Trinajstić information content (AvgIpc) is 2.34. The molecule has 0 spiro atoms. The molecule has 0 fully saturated rings. The van der Waals surface area contributed by atoms with Gasteiger partial charge in [0.15, 0.2) is 5.78 Å². The van der Waals surface area contributed by atoms with E-state index in [1.165, 1.54) is 0 Å². The van der Waals surface area contributed by atoms with Gasteiger partial charge in [0, 0.05) is 31.0 Å². The van der Waals surface area contributed by atoms with Crippen LogP contribution in [0.3, 0.4) is 0 Å². The SMILES string of the molecule is Cc1ccc(C(=O)CCC(=O)NCC(C)N)cc1. The zero-order valence-electron chi connectivity index (χ0n) is 10.9. The summed E-state index contributed by atoms with van der Waals surface area (Å²) in [5, 5.41) is 2.68. The molecule has 4 nitrogen and oxygen atoms in total. The zero-order chi connectivity index (χ0) is 13.5. The zero-order valence-corrected chi connectivity index (χ0v) is 10.9. The van der Waals surface area contributed by atoms with Crippen LogP contribution >= 0.6 is 0 Å². The van der Waals surface area contributed by atoms with E-state index in [4.69, 9.17) is 5.73 Å². The van der Waals surface area contributed by atoms with E-state index in [2.05, 4.69) is 5.32 Å². The number of Topliss-reactive ketones (excluding diaryl/α,β-unsaturated/α-hetero) is 1. The van der Waals surface area contributed by atoms with E-state index in [1.807, 2.05) is 26.0 Å². The summed E-state index contributed by atoms with van der Waals surface area (Å²) in [4.78, 5) is 23.2. The third-order valence-electron chi connectivity index (χ3n) is 2.57. The Morgan fingerprint density at radius 2 is 1.83 bits per heavy atom. The smallest absolute Gasteiger partial charge is 0.220 e. The fourth-order valence-corrected chi connectivity index (χ4v) is 1.47. The monoisotopic (exact) mass is 248 g/mol. The van der Waals surface area contributed by atoms with Gasteiger partial charge in [0.25, 0.3) is 0 Å². The molecule has 1 rings (SSSR count). The van der Waals surface area contributed by atoms with E-state index in [-0.39, 0.29) is 30.6 Å². The molecule has 1 amide bonds. The van der Waals surface area contributed by atoms with E-state index >= 15 is 0 Å². The quantitative estimate of drug-likeness (QED) is 0.748. The first-order chi connectivity index (χ1) is 8.49. The highest BCUT2D eigenvalue weighted by atomic mass is 16.2. The summed E-state index contributed by atoms with van der Waals surface area (Å²) in [6, 6.07) is 7.30. The van der Waals surface area contributed by atoms with Gasteiger partial charge in [-0.05, 0) is 13.8 Å². The molecule has 3 N–H and O–H groups in total. The number of nitrogens with two attached hydrogens (primary N) is 1. The Morgan fingerprint density at radius 3 is 2.39 bits per heavy atom. The molecular weight excluding hydrogens is 228 g/mol. The van der Waals surface area contributed by atoms with Crippen molar-refractivity contribution >= 4 is 11.7 Å². The topological polar surface area (TPSA) is 72.2 Å². The van der Waals surface area contributed by atoms with E-state index in [0.29, 0.717) is 12.1 Å². The summed E-state index contributed by atoms with van der Waals surface area (Å²) in [5.74, 6) is -0.140. The Balaban J connectivity index is 2.37. The van der Waals surface area contributed by atoms with Crippen LogP contribution in [-0.4, -0.2) is 24.3 Å². The highest BCUT2D eigenvalue weighted by molar-refractivity contribution is 5.97. The lowest BCUT2D eigenvalue weighted by Crippen LogP contribution is -2.35. The Hall–Kier alpha value is -1.68. The summed E-state index contributed by atoms with van der Waals surface area (Å²) in [6.45, 7) is 4.23. The third-order valence-corrected chi connectivity index (χ3v) is 2.57. The molecule has 0 aliphatic heterocycles. The maximum absolute atomic E-state index is 11.8. The lowest BCUT2D eigenvalue weighted by molar-refractivity contribution is -0.121. The van der Waals surface area contributed by atoms with Gasteiger partial charge in [0.05, 0.1) is 0 Å². The number of carbonyl (C=O) groups excluding carboxylic acids is 2. The molecule has 0 saturated carbocycles. The summed E-state index contributed by atoms with van der Waals surface area (Å²) < 4.78 is 0. The van der Waals surface area contributed by atoms with Crippen molar-refractivity contribution in [2.45, 2.75) is 32.7 Å². The van der Waals surface area contributed by atoms with Gasteiger partial charge >= 0.3 is 0 Å². The number of benzene rings is 1. The molecule has 0 bridgehead atoms. The predicted molar refractivity (Wildman–Crippen MR) is 71.4 cm³/mol. The third kappa shape index (κ3) is 5.10. The van der Waals surface area contributed by atoms with Crippen molar-refractivity contribution in [3.05, 3.63) is 35.4 Å². The number of nitrogens with one attached hydrogen (secondary N) is 1. The van der Waals surface area contributed by atoms with Crippen LogP contribution in [-0.2, 0) is 4.79 Å². The predicted octanol–water partition coefficient (Wildman–Crippen LogP) is 1.42. The summed E-state index contributed by atoms with van der Waals surface area (Å²) in [5.41, 5.74) is 7.29. The molecular formula is C14H20N2O2. The minimum atomic E-state index is -0.132. The van der Waals surface area contributed by atoms with Crippen molar-refractivity contribution < 1.29 is 9.59 Å². The minimum absolute atomic E-state index is 0.00838. The fourth-order valence-electron chi connectivity index (χ4n) is 1.47. The number of hydrogen-bond acceptors (Lipinski definition) is 3. The van der Waals surface area contributed by atoms with Crippen molar-refractivity contribution in [1.82, 2.24) is 5.32 Å². The Morgan fingerprint density at radius 1 is 1.22 bits per heavy atom. The van der Waals surface area contributed by atoms with Crippen LogP contribution in [0.4, 0.5) is 0 Å². The molecule has 0 radical (unpaired) electrons. The van der Waals surface area contributed by atoms with Crippen LogP contribution in [0.15, 0.2) is 24.3 Å². The van der Waals surface area contributed by atoms with Crippen LogP contribution in [0.2, 0.25) is 0 Å². The molecule has 1 unspecified atom stereocenters. The molecule has 0 aliphatic rings. The number of amides is 1. The van der Waals surface area contributed by atoms with E-state index in [1.54, 1.807) is 12.1 Å². The largest absolute Gasteiger partial charge is 0.355 e. The second-order valence-corrected chi connectivity index (χ2v) is 4.57. The van der Waals surface area contributed by atoms with Crippen LogP contribution in [0.5, 0.6) is 0 Å². The normalized spacial score (nSPS) is 11.9. The molecule has 0 saturated heterocycles. The summed E-state index contributed by atoms with van der Waals surface area (Å²) in [7, 11) is 0. The van der Waals surface area contributed by atoms with Crippen molar-refractivity contribution in [2.24, 2.45) is 5.73 Å². The molecule has 1 atom stereocenters. The van der Waals surface area contributed by atoms with E-state index in [9.17, 15) is 9.59 Å². The Labute approximate surface area is 108 Å². The number of rotatable bonds is 6. The van der Waals surface area contributed by atoms with Gasteiger partial charge in [-0.1, -0.05) is 29.8 Å². The first kappa shape index (κ1) is 14.4. The van der Waals surface area contributed by atoms with Gasteiger partial charge in [0.1, 0.15) is 0 Å². The maximum atomic E-state index is 11.8. The number of hydrogen-bond donors (Lipinski definition) is 2. The van der Waals surface area contributed by atoms with Crippen molar-refractivity contribution in [1.29, 1.82) is 0 Å². The van der Waals surface area contributed by atoms with Crippen molar-refractivity contribution in [3.63, 3.8) is 0 Å². The van der Waals surface area contributed by atoms with Crippen LogP contribution in [0.1, 0.15) is 35.7 Å². The molecule has 1 aromatic rings.